The molecule has 0 N–H and O–H groups in total. The van der Waals surface area contributed by atoms with Crippen molar-refractivity contribution >= 4 is 16.6 Å². The minimum Gasteiger partial charge on any atom is -0.293 e. The van der Waals surface area contributed by atoms with Crippen molar-refractivity contribution < 1.29 is 4.79 Å². The number of fused-ring (bicyclic) bond motifs is 1. The third-order valence-electron chi connectivity index (χ3n) is 4.56. The molecule has 0 amide bonds. The van der Waals surface area contributed by atoms with Crippen molar-refractivity contribution in [1.29, 1.82) is 0 Å². The normalized spacial score (nSPS) is 12.0. The van der Waals surface area contributed by atoms with E-state index in [1.807, 2.05) is 72.8 Å². The number of carbonyl (C=O) groups excluding carboxylic acids is 1. The Morgan fingerprint density at radius 1 is 0.560 bits per heavy atom. The Bertz CT molecular complexity index is 1000. The highest BCUT2D eigenvalue weighted by Gasteiger charge is 2.24. The number of ketones is 1. The first kappa shape index (κ1) is 15.3. The SMILES string of the molecule is O=C(c1ccccc1)C(c1ccccc1)c1ccc2ccccc2c1. The van der Waals surface area contributed by atoms with Gasteiger partial charge in [0.15, 0.2) is 5.78 Å². The van der Waals surface area contributed by atoms with Gasteiger partial charge in [-0.3, -0.25) is 4.79 Å². The van der Waals surface area contributed by atoms with Gasteiger partial charge in [0.25, 0.3) is 0 Å². The van der Waals surface area contributed by atoms with Gasteiger partial charge in [0.1, 0.15) is 0 Å². The van der Waals surface area contributed by atoms with E-state index in [-0.39, 0.29) is 11.7 Å². The van der Waals surface area contributed by atoms with Crippen LogP contribution in [0, 0.1) is 0 Å². The van der Waals surface area contributed by atoms with Crippen LogP contribution in [0.2, 0.25) is 0 Å². The van der Waals surface area contributed by atoms with Crippen LogP contribution in [0.1, 0.15) is 27.4 Å². The minimum absolute atomic E-state index is 0.127. The van der Waals surface area contributed by atoms with E-state index in [1.165, 1.54) is 5.39 Å². The fourth-order valence-electron chi connectivity index (χ4n) is 3.30. The summed E-state index contributed by atoms with van der Waals surface area (Å²) in [7, 11) is 0. The maximum Gasteiger partial charge on any atom is 0.174 e. The van der Waals surface area contributed by atoms with Crippen molar-refractivity contribution in [2.75, 3.05) is 0 Å². The largest absolute Gasteiger partial charge is 0.293 e. The molecule has 0 bridgehead atoms. The van der Waals surface area contributed by atoms with Crippen LogP contribution in [0.15, 0.2) is 103 Å². The predicted octanol–water partition coefficient (Wildman–Crippen LogP) is 5.85. The van der Waals surface area contributed by atoms with E-state index in [4.69, 9.17) is 0 Å². The quantitative estimate of drug-likeness (QED) is 0.430. The summed E-state index contributed by atoms with van der Waals surface area (Å²) < 4.78 is 0. The second-order valence-corrected chi connectivity index (χ2v) is 6.18. The summed E-state index contributed by atoms with van der Waals surface area (Å²) in [4.78, 5) is 13.3. The third-order valence-corrected chi connectivity index (χ3v) is 4.56. The maximum atomic E-state index is 13.3. The monoisotopic (exact) mass is 322 g/mol. The van der Waals surface area contributed by atoms with Crippen molar-refractivity contribution in [2.45, 2.75) is 5.92 Å². The lowest BCUT2D eigenvalue weighted by Crippen LogP contribution is -2.14. The van der Waals surface area contributed by atoms with Gasteiger partial charge in [-0.15, -0.1) is 0 Å². The van der Waals surface area contributed by atoms with Gasteiger partial charge in [-0.1, -0.05) is 103 Å². The predicted molar refractivity (Wildman–Crippen MR) is 103 cm³/mol. The van der Waals surface area contributed by atoms with E-state index < -0.39 is 0 Å². The highest BCUT2D eigenvalue weighted by Crippen LogP contribution is 2.30. The van der Waals surface area contributed by atoms with E-state index in [1.54, 1.807) is 0 Å². The first-order chi connectivity index (χ1) is 12.3. The highest BCUT2D eigenvalue weighted by molar-refractivity contribution is 6.03. The average Bonchev–Trinajstić information content (AvgIpc) is 2.69. The molecule has 1 heteroatoms. The van der Waals surface area contributed by atoms with Gasteiger partial charge in [0.2, 0.25) is 0 Å². The van der Waals surface area contributed by atoms with Gasteiger partial charge in [-0.25, -0.2) is 0 Å². The van der Waals surface area contributed by atoms with Crippen molar-refractivity contribution in [1.82, 2.24) is 0 Å². The van der Waals surface area contributed by atoms with Crippen LogP contribution in [-0.2, 0) is 0 Å². The molecule has 25 heavy (non-hydrogen) atoms. The molecule has 1 nitrogen and oxygen atoms in total. The molecule has 0 spiro atoms. The zero-order chi connectivity index (χ0) is 17.1. The van der Waals surface area contributed by atoms with Crippen molar-refractivity contribution in [3.63, 3.8) is 0 Å². The number of rotatable bonds is 4. The summed E-state index contributed by atoms with van der Waals surface area (Å²) in [6, 6.07) is 34.1. The molecule has 1 unspecified atom stereocenters. The summed E-state index contributed by atoms with van der Waals surface area (Å²) in [5.41, 5.74) is 2.79. The zero-order valence-corrected chi connectivity index (χ0v) is 13.8. The second-order valence-electron chi connectivity index (χ2n) is 6.18. The van der Waals surface area contributed by atoms with Gasteiger partial charge in [-0.05, 0) is 21.9 Å². The van der Waals surface area contributed by atoms with Crippen LogP contribution >= 0.6 is 0 Å². The molecule has 120 valence electrons. The van der Waals surface area contributed by atoms with Crippen LogP contribution in [0.3, 0.4) is 0 Å². The lowest BCUT2D eigenvalue weighted by Gasteiger charge is -2.18. The fraction of sp³-hybridized carbons (Fsp3) is 0.0417. The molecular weight excluding hydrogens is 304 g/mol. The van der Waals surface area contributed by atoms with Crippen molar-refractivity contribution in [3.8, 4) is 0 Å². The smallest absolute Gasteiger partial charge is 0.174 e. The van der Waals surface area contributed by atoms with Gasteiger partial charge in [0.05, 0.1) is 5.92 Å². The summed E-state index contributed by atoms with van der Waals surface area (Å²) >= 11 is 0. The Kier molecular flexibility index (Phi) is 4.14. The van der Waals surface area contributed by atoms with E-state index in [2.05, 4.69) is 30.3 Å². The van der Waals surface area contributed by atoms with Gasteiger partial charge >= 0.3 is 0 Å². The summed E-state index contributed by atoms with van der Waals surface area (Å²) in [5.74, 6) is -0.171. The molecule has 0 saturated heterocycles. The summed E-state index contributed by atoms with van der Waals surface area (Å²) in [6.07, 6.45) is 0. The lowest BCUT2D eigenvalue weighted by atomic mass is 9.84. The first-order valence-corrected chi connectivity index (χ1v) is 8.46. The van der Waals surface area contributed by atoms with Gasteiger partial charge < -0.3 is 0 Å². The molecule has 0 fully saturated rings. The van der Waals surface area contributed by atoms with Crippen LogP contribution in [0.5, 0.6) is 0 Å². The molecule has 0 aliphatic carbocycles. The Labute approximate surface area is 147 Å². The highest BCUT2D eigenvalue weighted by atomic mass is 16.1. The molecule has 0 radical (unpaired) electrons. The van der Waals surface area contributed by atoms with Gasteiger partial charge in [-0.2, -0.15) is 0 Å². The molecule has 0 aliphatic rings. The number of Topliss-reactive ketones (excluding diaryl/α,β-unsaturated/α-hetero) is 1. The minimum atomic E-state index is -0.298. The van der Waals surface area contributed by atoms with Crippen LogP contribution in [0.25, 0.3) is 10.8 Å². The molecule has 4 aromatic rings. The van der Waals surface area contributed by atoms with Crippen LogP contribution < -0.4 is 0 Å². The Balaban J connectivity index is 1.86. The third kappa shape index (κ3) is 3.09. The Morgan fingerprint density at radius 2 is 1.16 bits per heavy atom. The number of benzene rings is 4. The van der Waals surface area contributed by atoms with Crippen molar-refractivity contribution in [3.05, 3.63) is 120 Å². The second kappa shape index (κ2) is 6.74. The summed E-state index contributed by atoms with van der Waals surface area (Å²) in [6.45, 7) is 0. The van der Waals surface area contributed by atoms with Crippen LogP contribution in [-0.4, -0.2) is 5.78 Å². The van der Waals surface area contributed by atoms with Gasteiger partial charge in [0, 0.05) is 5.56 Å². The molecule has 4 rings (SSSR count). The van der Waals surface area contributed by atoms with E-state index in [9.17, 15) is 4.79 Å². The zero-order valence-electron chi connectivity index (χ0n) is 13.8. The Morgan fingerprint density at radius 3 is 1.88 bits per heavy atom. The fourth-order valence-corrected chi connectivity index (χ4v) is 3.30. The standard InChI is InChI=1S/C24H18O/c25-24(20-12-5-2-6-13-20)23(19-10-3-1-4-11-19)22-16-15-18-9-7-8-14-21(18)17-22/h1-17,23H. The average molecular weight is 322 g/mol. The van der Waals surface area contributed by atoms with Crippen molar-refractivity contribution in [2.24, 2.45) is 0 Å². The summed E-state index contributed by atoms with van der Waals surface area (Å²) in [5, 5.41) is 2.34. The van der Waals surface area contributed by atoms with E-state index >= 15 is 0 Å². The molecule has 0 aliphatic heterocycles. The lowest BCUT2D eigenvalue weighted by molar-refractivity contribution is 0.0974. The molecular formula is C24H18O. The molecule has 0 heterocycles. The molecule has 0 saturated carbocycles. The molecule has 1 atom stereocenters. The Hall–Kier alpha value is -3.19. The maximum absolute atomic E-state index is 13.3. The molecule has 0 aromatic heterocycles. The van der Waals surface area contributed by atoms with E-state index in [0.29, 0.717) is 0 Å². The van der Waals surface area contributed by atoms with E-state index in [0.717, 1.165) is 22.1 Å². The number of carbonyl (C=O) groups is 1. The number of hydrogen-bond acceptors (Lipinski definition) is 1. The van der Waals surface area contributed by atoms with Crippen LogP contribution in [0.4, 0.5) is 0 Å². The first-order valence-electron chi connectivity index (χ1n) is 8.46. The topological polar surface area (TPSA) is 17.1 Å². The number of hydrogen-bond donors (Lipinski definition) is 0. The molecule has 4 aromatic carbocycles.